The van der Waals surface area contributed by atoms with E-state index in [0.717, 1.165) is 40.5 Å². The molecular formula is C22H22IN3O3S2. The van der Waals surface area contributed by atoms with Crippen LogP contribution in [0, 0.1) is 3.57 Å². The number of anilines is 1. The zero-order chi connectivity index (χ0) is 21.8. The van der Waals surface area contributed by atoms with Crippen molar-refractivity contribution in [3.8, 4) is 0 Å². The predicted molar refractivity (Wildman–Crippen MR) is 131 cm³/mol. The molecule has 0 aliphatic heterocycles. The van der Waals surface area contributed by atoms with Crippen molar-refractivity contribution in [2.75, 3.05) is 5.32 Å². The number of amides is 1. The smallest absolute Gasteiger partial charge is 0.244 e. The Morgan fingerprint density at radius 2 is 1.77 bits per heavy atom. The van der Waals surface area contributed by atoms with Gasteiger partial charge >= 0.3 is 0 Å². The number of nitrogens with zero attached hydrogens (tertiary/aromatic N) is 1. The summed E-state index contributed by atoms with van der Waals surface area (Å²) in [7, 11) is -3.87. The Morgan fingerprint density at radius 3 is 2.48 bits per heavy atom. The Morgan fingerprint density at radius 1 is 1.06 bits per heavy atom. The van der Waals surface area contributed by atoms with Gasteiger partial charge < -0.3 is 5.32 Å². The third-order valence-electron chi connectivity index (χ3n) is 5.10. The van der Waals surface area contributed by atoms with E-state index >= 15 is 0 Å². The Kier molecular flexibility index (Phi) is 7.05. The molecule has 162 valence electrons. The monoisotopic (exact) mass is 567 g/mol. The SMILES string of the molecule is O=C(Nc1nc2c(s1)CCCC2)[C@@H](Cc1ccccc1)NS(=O)(=O)c1ccc(I)cc1. The molecule has 1 heterocycles. The van der Waals surface area contributed by atoms with E-state index < -0.39 is 22.0 Å². The zero-order valence-corrected chi connectivity index (χ0v) is 20.5. The van der Waals surface area contributed by atoms with Crippen molar-refractivity contribution in [3.63, 3.8) is 0 Å². The van der Waals surface area contributed by atoms with Crippen LogP contribution in [0.15, 0.2) is 59.5 Å². The molecule has 0 spiro atoms. The molecule has 1 amide bonds. The molecule has 0 saturated carbocycles. The third kappa shape index (κ3) is 5.71. The van der Waals surface area contributed by atoms with Crippen molar-refractivity contribution in [1.29, 1.82) is 0 Å². The van der Waals surface area contributed by atoms with E-state index in [-0.39, 0.29) is 11.3 Å². The van der Waals surface area contributed by atoms with E-state index in [2.05, 4.69) is 37.6 Å². The number of hydrogen-bond acceptors (Lipinski definition) is 5. The fraction of sp³-hybridized carbons (Fsp3) is 0.273. The molecule has 0 radical (unpaired) electrons. The van der Waals surface area contributed by atoms with E-state index in [1.165, 1.54) is 28.3 Å². The van der Waals surface area contributed by atoms with Crippen LogP contribution in [-0.4, -0.2) is 25.4 Å². The number of carbonyl (C=O) groups is 1. The summed E-state index contributed by atoms with van der Waals surface area (Å²) >= 11 is 3.60. The second-order valence-corrected chi connectivity index (χ2v) is 11.4. The van der Waals surface area contributed by atoms with Crippen LogP contribution < -0.4 is 10.0 Å². The highest BCUT2D eigenvalue weighted by Gasteiger charge is 2.27. The van der Waals surface area contributed by atoms with Crippen molar-refractivity contribution >= 4 is 55.0 Å². The van der Waals surface area contributed by atoms with Gasteiger partial charge in [0.05, 0.1) is 10.6 Å². The lowest BCUT2D eigenvalue weighted by atomic mass is 10.0. The van der Waals surface area contributed by atoms with Crippen molar-refractivity contribution in [3.05, 3.63) is 74.3 Å². The summed E-state index contributed by atoms with van der Waals surface area (Å²) in [6, 6.07) is 14.9. The second kappa shape index (κ2) is 9.76. The molecule has 2 N–H and O–H groups in total. The first kappa shape index (κ1) is 22.4. The minimum atomic E-state index is -3.87. The lowest BCUT2D eigenvalue weighted by molar-refractivity contribution is -0.117. The Bertz CT molecular complexity index is 1140. The number of fused-ring (bicyclic) bond motifs is 1. The van der Waals surface area contributed by atoms with Gasteiger partial charge in [-0.05, 0) is 84.5 Å². The summed E-state index contributed by atoms with van der Waals surface area (Å²) in [6.45, 7) is 0. The summed E-state index contributed by atoms with van der Waals surface area (Å²) in [5.41, 5.74) is 1.91. The molecule has 9 heteroatoms. The van der Waals surface area contributed by atoms with Crippen LogP contribution in [0.3, 0.4) is 0 Å². The highest BCUT2D eigenvalue weighted by atomic mass is 127. The van der Waals surface area contributed by atoms with Crippen molar-refractivity contribution < 1.29 is 13.2 Å². The first-order valence-electron chi connectivity index (χ1n) is 10.0. The lowest BCUT2D eigenvalue weighted by Gasteiger charge is -2.18. The van der Waals surface area contributed by atoms with Gasteiger partial charge in [-0.25, -0.2) is 13.4 Å². The molecule has 1 aliphatic carbocycles. The van der Waals surface area contributed by atoms with Gasteiger partial charge in [-0.15, -0.1) is 11.3 Å². The Hall–Kier alpha value is -1.82. The van der Waals surface area contributed by atoms with E-state index in [0.29, 0.717) is 5.13 Å². The summed E-state index contributed by atoms with van der Waals surface area (Å²) in [5, 5.41) is 3.37. The van der Waals surface area contributed by atoms with Gasteiger partial charge in [0.25, 0.3) is 0 Å². The molecule has 0 unspecified atom stereocenters. The molecule has 1 atom stereocenters. The molecule has 0 fully saturated rings. The zero-order valence-electron chi connectivity index (χ0n) is 16.7. The van der Waals surface area contributed by atoms with Gasteiger partial charge in [0.15, 0.2) is 5.13 Å². The number of hydrogen-bond donors (Lipinski definition) is 2. The lowest BCUT2D eigenvalue weighted by Crippen LogP contribution is -2.45. The quantitative estimate of drug-likeness (QED) is 0.420. The van der Waals surface area contributed by atoms with E-state index in [9.17, 15) is 13.2 Å². The maximum Gasteiger partial charge on any atom is 0.244 e. The van der Waals surface area contributed by atoms with Crippen molar-refractivity contribution in [2.45, 2.75) is 43.0 Å². The number of benzene rings is 2. The van der Waals surface area contributed by atoms with Crippen LogP contribution in [0.4, 0.5) is 5.13 Å². The van der Waals surface area contributed by atoms with Crippen LogP contribution >= 0.6 is 33.9 Å². The molecule has 0 bridgehead atoms. The number of aryl methyl sites for hydroxylation is 2. The topological polar surface area (TPSA) is 88.2 Å². The number of sulfonamides is 1. The molecule has 1 aromatic heterocycles. The number of nitrogens with one attached hydrogen (secondary N) is 2. The number of thiazole rings is 1. The minimum absolute atomic E-state index is 0.128. The standard InChI is InChI=1S/C22H22IN3O3S2/c23-16-10-12-17(13-11-16)31(28,29)26-19(14-15-6-2-1-3-7-15)21(27)25-22-24-18-8-4-5-9-20(18)30-22/h1-3,6-7,10-13,19,26H,4-5,8-9,14H2,(H,24,25,27)/t19-/m1/s1. The Balaban J connectivity index is 1.56. The maximum absolute atomic E-state index is 13.1. The van der Waals surface area contributed by atoms with Gasteiger partial charge in [-0.2, -0.15) is 4.72 Å². The van der Waals surface area contributed by atoms with Gasteiger partial charge in [-0.3, -0.25) is 4.79 Å². The average molecular weight is 567 g/mol. The molecule has 4 rings (SSSR count). The fourth-order valence-electron chi connectivity index (χ4n) is 3.50. The number of rotatable bonds is 7. The largest absolute Gasteiger partial charge is 0.301 e. The molecule has 0 saturated heterocycles. The molecule has 31 heavy (non-hydrogen) atoms. The highest BCUT2D eigenvalue weighted by molar-refractivity contribution is 14.1. The normalized spacial score (nSPS) is 14.6. The van der Waals surface area contributed by atoms with Crippen LogP contribution in [0.25, 0.3) is 0 Å². The Labute approximate surface area is 199 Å². The molecular weight excluding hydrogens is 545 g/mol. The minimum Gasteiger partial charge on any atom is -0.301 e. The highest BCUT2D eigenvalue weighted by Crippen LogP contribution is 2.29. The fourth-order valence-corrected chi connectivity index (χ4v) is 6.11. The van der Waals surface area contributed by atoms with Gasteiger partial charge in [-0.1, -0.05) is 30.3 Å². The molecule has 1 aliphatic rings. The predicted octanol–water partition coefficient (Wildman–Crippen LogP) is 4.15. The van der Waals surface area contributed by atoms with Crippen LogP contribution in [0.1, 0.15) is 29.0 Å². The summed E-state index contributed by atoms with van der Waals surface area (Å²) in [4.78, 5) is 19.0. The van der Waals surface area contributed by atoms with Crippen molar-refractivity contribution in [2.24, 2.45) is 0 Å². The van der Waals surface area contributed by atoms with E-state index in [1.54, 1.807) is 12.1 Å². The number of aromatic nitrogens is 1. The second-order valence-electron chi connectivity index (χ2n) is 7.40. The maximum atomic E-state index is 13.1. The summed E-state index contributed by atoms with van der Waals surface area (Å²) in [6.07, 6.45) is 4.39. The molecule has 2 aromatic carbocycles. The van der Waals surface area contributed by atoms with E-state index in [4.69, 9.17) is 0 Å². The summed E-state index contributed by atoms with van der Waals surface area (Å²) in [5.74, 6) is -0.413. The molecule has 3 aromatic rings. The summed E-state index contributed by atoms with van der Waals surface area (Å²) < 4.78 is 29.4. The van der Waals surface area contributed by atoms with Crippen LogP contribution in [0.2, 0.25) is 0 Å². The van der Waals surface area contributed by atoms with Gasteiger partial charge in [0.2, 0.25) is 15.9 Å². The molecule has 6 nitrogen and oxygen atoms in total. The van der Waals surface area contributed by atoms with Crippen LogP contribution in [-0.2, 0) is 34.1 Å². The third-order valence-corrected chi connectivity index (χ3v) is 8.38. The number of carbonyl (C=O) groups excluding carboxylic acids is 1. The van der Waals surface area contributed by atoms with Crippen LogP contribution in [0.5, 0.6) is 0 Å². The average Bonchev–Trinajstić information content (AvgIpc) is 3.16. The van der Waals surface area contributed by atoms with Gasteiger partial charge in [0.1, 0.15) is 6.04 Å². The van der Waals surface area contributed by atoms with E-state index in [1.807, 2.05) is 30.3 Å². The van der Waals surface area contributed by atoms with Crippen molar-refractivity contribution in [1.82, 2.24) is 9.71 Å². The first-order chi connectivity index (χ1) is 14.9. The number of halogens is 1. The van der Waals surface area contributed by atoms with Gasteiger partial charge in [0, 0.05) is 8.45 Å². The first-order valence-corrected chi connectivity index (χ1v) is 13.4.